The normalized spacial score (nSPS) is 28.2. The molecule has 2 atom stereocenters. The minimum atomic E-state index is -0.199. The van der Waals surface area contributed by atoms with Crippen LogP contribution in [-0.4, -0.2) is 37.3 Å². The van der Waals surface area contributed by atoms with Gasteiger partial charge in [0.05, 0.1) is 33.0 Å². The van der Waals surface area contributed by atoms with Gasteiger partial charge in [-0.3, -0.25) is 4.79 Å². The first-order valence-electron chi connectivity index (χ1n) is 9.52. The third kappa shape index (κ3) is 3.38. The van der Waals surface area contributed by atoms with Crippen LogP contribution in [-0.2, 0) is 20.9 Å². The van der Waals surface area contributed by atoms with E-state index in [0.717, 1.165) is 29.5 Å². The molecular weight excluding hydrogens is 328 g/mol. The van der Waals surface area contributed by atoms with Gasteiger partial charge in [-0.25, -0.2) is 0 Å². The van der Waals surface area contributed by atoms with E-state index in [9.17, 15) is 4.79 Å². The van der Waals surface area contributed by atoms with Gasteiger partial charge in [0.25, 0.3) is 0 Å². The van der Waals surface area contributed by atoms with Crippen molar-refractivity contribution in [2.75, 3.05) is 26.4 Å². The lowest BCUT2D eigenvalue weighted by Crippen LogP contribution is -2.32. The largest absolute Gasteiger partial charge is 0.394 e. The van der Waals surface area contributed by atoms with Crippen LogP contribution >= 0.6 is 0 Å². The Kier molecular flexibility index (Phi) is 5.66. The molecule has 0 saturated heterocycles. The van der Waals surface area contributed by atoms with E-state index in [2.05, 4.69) is 39.0 Å². The zero-order chi connectivity index (χ0) is 18.8. The summed E-state index contributed by atoms with van der Waals surface area (Å²) in [6.07, 6.45) is 4.22. The lowest BCUT2D eigenvalue weighted by molar-refractivity contribution is -0.125. The summed E-state index contributed by atoms with van der Waals surface area (Å²) in [4.78, 5) is 12.9. The average Bonchev–Trinajstić information content (AvgIpc) is 2.93. The highest BCUT2D eigenvalue weighted by atomic mass is 16.5. The summed E-state index contributed by atoms with van der Waals surface area (Å²) < 4.78 is 10.7. The van der Waals surface area contributed by atoms with Crippen molar-refractivity contribution < 1.29 is 19.4 Å². The van der Waals surface area contributed by atoms with Gasteiger partial charge in [-0.05, 0) is 47.0 Å². The smallest absolute Gasteiger partial charge is 0.165 e. The molecule has 2 unspecified atom stereocenters. The van der Waals surface area contributed by atoms with Gasteiger partial charge in [-0.2, -0.15) is 0 Å². The van der Waals surface area contributed by atoms with E-state index in [1.165, 1.54) is 0 Å². The number of allylic oxidation sites excluding steroid dienone is 1. The second-order valence-electron chi connectivity index (χ2n) is 8.20. The Balaban J connectivity index is 1.60. The van der Waals surface area contributed by atoms with E-state index < -0.39 is 0 Å². The first-order chi connectivity index (χ1) is 12.4. The van der Waals surface area contributed by atoms with Crippen LogP contribution in [0.4, 0.5) is 0 Å². The van der Waals surface area contributed by atoms with E-state index in [1.807, 2.05) is 12.1 Å². The monoisotopic (exact) mass is 358 g/mol. The van der Waals surface area contributed by atoms with Crippen molar-refractivity contribution in [2.24, 2.45) is 16.7 Å². The Labute approximate surface area is 156 Å². The molecule has 2 fully saturated rings. The van der Waals surface area contributed by atoms with Gasteiger partial charge < -0.3 is 14.6 Å². The van der Waals surface area contributed by atoms with Crippen molar-refractivity contribution in [3.63, 3.8) is 0 Å². The average molecular weight is 358 g/mol. The fraction of sp³-hybridized carbons (Fsp3) is 0.591. The second-order valence-corrected chi connectivity index (χ2v) is 8.20. The quantitative estimate of drug-likeness (QED) is 0.570. The Bertz CT molecular complexity index is 674. The molecular formula is C22H30O4. The van der Waals surface area contributed by atoms with Gasteiger partial charge in [0.1, 0.15) is 0 Å². The number of aliphatic hydroxyl groups excluding tert-OH is 1. The number of Topliss-reactive ketones (excluding diaryl/α,β-unsaturated/α-hetero) is 1. The number of hydrogen-bond donors (Lipinski definition) is 1. The number of rotatable bonds is 8. The van der Waals surface area contributed by atoms with Crippen molar-refractivity contribution in [3.8, 4) is 0 Å². The molecule has 0 aromatic heterocycles. The van der Waals surface area contributed by atoms with Crippen LogP contribution in [0.3, 0.4) is 0 Å². The molecule has 0 aliphatic heterocycles. The topological polar surface area (TPSA) is 55.8 Å². The molecule has 26 heavy (non-hydrogen) atoms. The lowest BCUT2D eigenvalue weighted by atomic mass is 9.70. The van der Waals surface area contributed by atoms with E-state index >= 15 is 0 Å². The van der Waals surface area contributed by atoms with Crippen molar-refractivity contribution >= 4 is 11.9 Å². The lowest BCUT2D eigenvalue weighted by Gasteiger charge is -2.31. The molecule has 2 saturated carbocycles. The van der Waals surface area contributed by atoms with E-state index in [1.54, 1.807) is 0 Å². The molecule has 0 radical (unpaired) electrons. The molecule has 2 aliphatic rings. The van der Waals surface area contributed by atoms with E-state index in [0.29, 0.717) is 38.1 Å². The minimum absolute atomic E-state index is 0.0384. The first-order valence-corrected chi connectivity index (χ1v) is 9.52. The Morgan fingerprint density at radius 1 is 1.12 bits per heavy atom. The molecule has 1 N–H and O–H groups in total. The maximum absolute atomic E-state index is 12.9. The fourth-order valence-corrected chi connectivity index (χ4v) is 4.46. The van der Waals surface area contributed by atoms with Crippen LogP contribution in [0.25, 0.3) is 6.08 Å². The molecule has 0 spiro atoms. The highest BCUT2D eigenvalue weighted by molar-refractivity contribution is 6.07. The van der Waals surface area contributed by atoms with E-state index in [-0.39, 0.29) is 17.4 Å². The van der Waals surface area contributed by atoms with E-state index in [4.69, 9.17) is 14.6 Å². The highest BCUT2D eigenvalue weighted by Crippen LogP contribution is 2.65. The van der Waals surface area contributed by atoms with Crippen molar-refractivity contribution in [2.45, 2.75) is 40.2 Å². The molecule has 2 bridgehead atoms. The van der Waals surface area contributed by atoms with Crippen LogP contribution in [0.5, 0.6) is 0 Å². The number of ether oxygens (including phenoxy) is 2. The van der Waals surface area contributed by atoms with Gasteiger partial charge in [0.15, 0.2) is 5.78 Å². The Morgan fingerprint density at radius 2 is 1.81 bits per heavy atom. The molecule has 1 aromatic rings. The number of ketones is 1. The summed E-state index contributed by atoms with van der Waals surface area (Å²) in [5.41, 5.74) is 3.04. The molecule has 0 heterocycles. The maximum atomic E-state index is 12.9. The molecule has 142 valence electrons. The number of carbonyl (C=O) groups excluding carboxylic acids is 1. The van der Waals surface area contributed by atoms with Gasteiger partial charge in [-0.1, -0.05) is 45.0 Å². The third-order valence-corrected chi connectivity index (χ3v) is 6.54. The van der Waals surface area contributed by atoms with Crippen molar-refractivity contribution in [1.29, 1.82) is 0 Å². The Hall–Kier alpha value is -1.49. The van der Waals surface area contributed by atoms with Crippen LogP contribution in [0.2, 0.25) is 0 Å². The summed E-state index contributed by atoms with van der Waals surface area (Å²) in [6.45, 7) is 8.55. The second kappa shape index (κ2) is 7.63. The Morgan fingerprint density at radius 3 is 2.42 bits per heavy atom. The summed E-state index contributed by atoms with van der Waals surface area (Å²) in [6, 6.07) is 8.21. The SMILES string of the molecule is CC12CCC(/C(=C/c3ccc(COCCOCCO)cc3)C1=O)C2(C)C. The number of carbonyl (C=O) groups is 1. The van der Waals surface area contributed by atoms with Gasteiger partial charge in [0, 0.05) is 5.41 Å². The zero-order valence-corrected chi connectivity index (χ0v) is 16.1. The number of hydrogen-bond acceptors (Lipinski definition) is 4. The summed E-state index contributed by atoms with van der Waals surface area (Å²) in [5.74, 6) is 0.718. The van der Waals surface area contributed by atoms with Gasteiger partial charge in [0.2, 0.25) is 0 Å². The number of benzene rings is 1. The molecule has 4 nitrogen and oxygen atoms in total. The fourth-order valence-electron chi connectivity index (χ4n) is 4.46. The first kappa shape index (κ1) is 19.3. The van der Waals surface area contributed by atoms with Crippen molar-refractivity contribution in [3.05, 3.63) is 41.0 Å². The van der Waals surface area contributed by atoms with Crippen LogP contribution < -0.4 is 0 Å². The third-order valence-electron chi connectivity index (χ3n) is 6.54. The predicted molar refractivity (Wildman–Crippen MR) is 102 cm³/mol. The van der Waals surface area contributed by atoms with Gasteiger partial charge in [-0.15, -0.1) is 0 Å². The number of aliphatic hydroxyl groups is 1. The summed E-state index contributed by atoms with van der Waals surface area (Å²) >= 11 is 0. The van der Waals surface area contributed by atoms with Crippen LogP contribution in [0.15, 0.2) is 29.8 Å². The van der Waals surface area contributed by atoms with Crippen LogP contribution in [0, 0.1) is 16.7 Å². The number of fused-ring (bicyclic) bond motifs is 2. The molecule has 2 aliphatic carbocycles. The minimum Gasteiger partial charge on any atom is -0.394 e. The zero-order valence-electron chi connectivity index (χ0n) is 16.1. The predicted octanol–water partition coefficient (Wildman–Crippen LogP) is 3.62. The molecule has 3 rings (SSSR count). The highest BCUT2D eigenvalue weighted by Gasteiger charge is 2.63. The molecule has 1 aromatic carbocycles. The van der Waals surface area contributed by atoms with Crippen LogP contribution in [0.1, 0.15) is 44.7 Å². The summed E-state index contributed by atoms with van der Waals surface area (Å²) in [7, 11) is 0. The molecule has 0 amide bonds. The van der Waals surface area contributed by atoms with Crippen molar-refractivity contribution in [1.82, 2.24) is 0 Å². The maximum Gasteiger partial charge on any atom is 0.165 e. The molecule has 4 heteroatoms. The van der Waals surface area contributed by atoms with Gasteiger partial charge >= 0.3 is 0 Å². The standard InChI is InChI=1S/C22H30O4/c1-21(2)19-8-9-22(21,3)20(24)18(19)14-16-4-6-17(7-5-16)15-26-13-12-25-11-10-23/h4-7,14,19,23H,8-13,15H2,1-3H3/b18-14-. The summed E-state index contributed by atoms with van der Waals surface area (Å²) in [5, 5.41) is 8.63.